The maximum Gasteiger partial charge on any atom is 0.437 e. The van der Waals surface area contributed by atoms with Crippen LogP contribution in [0.4, 0.5) is 18.9 Å². The molecule has 2 amide bonds. The fourth-order valence-corrected chi connectivity index (χ4v) is 3.73. The molecule has 2 aromatic carbocycles. The van der Waals surface area contributed by atoms with E-state index in [0.29, 0.717) is 16.9 Å². The van der Waals surface area contributed by atoms with Gasteiger partial charge >= 0.3 is 6.18 Å². The van der Waals surface area contributed by atoms with E-state index in [9.17, 15) is 22.8 Å². The summed E-state index contributed by atoms with van der Waals surface area (Å²) in [6.07, 6.45) is -4.87. The number of alkyl halides is 3. The summed E-state index contributed by atoms with van der Waals surface area (Å²) in [5.74, 6) is -1.46. The number of methoxy groups -OCH3 is 1. The number of carbonyl (C=O) groups excluding carboxylic acids is 2. The number of benzene rings is 2. The number of nitrogens with two attached hydrogens (primary N) is 1. The molecule has 0 fully saturated rings. The van der Waals surface area contributed by atoms with Gasteiger partial charge in [-0.25, -0.2) is 4.98 Å². The molecule has 0 radical (unpaired) electrons. The molecule has 0 saturated carbocycles. The van der Waals surface area contributed by atoms with Gasteiger partial charge in [0.05, 0.1) is 47.7 Å². The first-order valence-corrected chi connectivity index (χ1v) is 10.8. The highest BCUT2D eigenvalue weighted by atomic mass is 19.4. The number of ether oxygens (including phenoxy) is 1. The summed E-state index contributed by atoms with van der Waals surface area (Å²) >= 11 is 0. The molecular weight excluding hydrogens is 489 g/mol. The largest absolute Gasteiger partial charge is 0.497 e. The molecule has 0 aliphatic heterocycles. The summed E-state index contributed by atoms with van der Waals surface area (Å²) in [7, 11) is 1.41. The second-order valence-corrected chi connectivity index (χ2v) is 8.03. The van der Waals surface area contributed by atoms with Gasteiger partial charge < -0.3 is 15.8 Å². The summed E-state index contributed by atoms with van der Waals surface area (Å²) in [5, 5.41) is 15.2. The minimum Gasteiger partial charge on any atom is -0.497 e. The molecule has 2 aromatic heterocycles. The highest BCUT2D eigenvalue weighted by Crippen LogP contribution is 2.36. The highest BCUT2D eigenvalue weighted by molar-refractivity contribution is 6.14. The van der Waals surface area contributed by atoms with Crippen molar-refractivity contribution in [2.45, 2.75) is 19.6 Å². The fourth-order valence-electron chi connectivity index (χ4n) is 3.73. The average Bonchev–Trinajstić information content (AvgIpc) is 3.18. The fraction of sp³-hybridized carbons (Fsp3) is 0.160. The van der Waals surface area contributed by atoms with Crippen LogP contribution < -0.4 is 15.8 Å². The number of aromatic nitrogens is 3. The average molecular weight is 508 g/mol. The lowest BCUT2D eigenvalue weighted by Crippen LogP contribution is -2.19. The Morgan fingerprint density at radius 1 is 1.16 bits per heavy atom. The van der Waals surface area contributed by atoms with Crippen LogP contribution in [0.3, 0.4) is 0 Å². The van der Waals surface area contributed by atoms with Crippen molar-refractivity contribution in [3.63, 3.8) is 0 Å². The van der Waals surface area contributed by atoms with E-state index in [4.69, 9.17) is 15.7 Å². The normalized spacial score (nSPS) is 11.2. The van der Waals surface area contributed by atoms with Crippen LogP contribution in [0, 0.1) is 18.3 Å². The molecule has 2 heterocycles. The number of primary amides is 1. The van der Waals surface area contributed by atoms with E-state index in [-0.39, 0.29) is 34.4 Å². The lowest BCUT2D eigenvalue weighted by atomic mass is 10.1. The van der Waals surface area contributed by atoms with Gasteiger partial charge in [0.1, 0.15) is 11.4 Å². The molecule has 4 rings (SSSR count). The van der Waals surface area contributed by atoms with E-state index in [1.165, 1.54) is 26.2 Å². The van der Waals surface area contributed by atoms with Gasteiger partial charge in [-0.05, 0) is 48.9 Å². The van der Waals surface area contributed by atoms with Crippen molar-refractivity contribution in [1.29, 1.82) is 5.26 Å². The molecule has 0 aliphatic carbocycles. The van der Waals surface area contributed by atoms with Crippen LogP contribution in [-0.4, -0.2) is 33.7 Å². The third kappa shape index (κ3) is 5.06. The lowest BCUT2D eigenvalue weighted by Gasteiger charge is -2.12. The Morgan fingerprint density at radius 3 is 2.46 bits per heavy atom. The number of rotatable bonds is 6. The molecule has 0 saturated heterocycles. The molecule has 0 spiro atoms. The first-order valence-electron chi connectivity index (χ1n) is 10.8. The minimum atomic E-state index is -4.87. The number of fused-ring (bicyclic) bond motifs is 1. The van der Waals surface area contributed by atoms with Crippen molar-refractivity contribution >= 4 is 28.4 Å². The minimum absolute atomic E-state index is 0.0301. The van der Waals surface area contributed by atoms with E-state index >= 15 is 0 Å². The third-order valence-corrected chi connectivity index (χ3v) is 5.64. The van der Waals surface area contributed by atoms with Gasteiger partial charge in [0, 0.05) is 5.39 Å². The predicted octanol–water partition coefficient (Wildman–Crippen LogP) is 4.04. The first kappa shape index (κ1) is 25.2. The molecule has 188 valence electrons. The number of nitriles is 1. The Kier molecular flexibility index (Phi) is 6.54. The van der Waals surface area contributed by atoms with Crippen LogP contribution in [0.25, 0.3) is 10.9 Å². The van der Waals surface area contributed by atoms with E-state index in [1.807, 2.05) is 6.07 Å². The van der Waals surface area contributed by atoms with Crippen molar-refractivity contribution < 1.29 is 27.5 Å². The third-order valence-electron chi connectivity index (χ3n) is 5.64. The van der Waals surface area contributed by atoms with Crippen LogP contribution in [0.2, 0.25) is 0 Å². The number of carbonyl (C=O) groups is 2. The molecule has 4 aromatic rings. The zero-order valence-electron chi connectivity index (χ0n) is 19.6. The van der Waals surface area contributed by atoms with Gasteiger partial charge in [-0.1, -0.05) is 12.1 Å². The zero-order chi connectivity index (χ0) is 26.9. The van der Waals surface area contributed by atoms with Crippen molar-refractivity contribution in [1.82, 2.24) is 14.8 Å². The molecule has 12 heteroatoms. The van der Waals surface area contributed by atoms with Crippen LogP contribution in [0.5, 0.6) is 5.75 Å². The Bertz CT molecular complexity index is 1570. The van der Waals surface area contributed by atoms with Crippen LogP contribution in [0.1, 0.15) is 43.4 Å². The van der Waals surface area contributed by atoms with Gasteiger partial charge in [-0.2, -0.15) is 23.5 Å². The molecule has 0 bridgehead atoms. The molecule has 9 nitrogen and oxygen atoms in total. The van der Waals surface area contributed by atoms with E-state index < -0.39 is 29.4 Å². The smallest absolute Gasteiger partial charge is 0.437 e. The number of amides is 2. The molecule has 0 aliphatic rings. The number of pyridine rings is 1. The Balaban J connectivity index is 1.78. The van der Waals surface area contributed by atoms with Crippen LogP contribution >= 0.6 is 0 Å². The Hall–Kier alpha value is -4.92. The zero-order valence-corrected chi connectivity index (χ0v) is 19.6. The van der Waals surface area contributed by atoms with E-state index in [0.717, 1.165) is 10.7 Å². The highest BCUT2D eigenvalue weighted by Gasteiger charge is 2.39. The topological polar surface area (TPSA) is 136 Å². The predicted molar refractivity (Wildman–Crippen MR) is 127 cm³/mol. The second kappa shape index (κ2) is 9.62. The maximum absolute atomic E-state index is 13.9. The maximum atomic E-state index is 13.9. The molecular formula is C25H19F3N6O3. The van der Waals surface area contributed by atoms with Gasteiger partial charge in [-0.15, -0.1) is 0 Å². The summed E-state index contributed by atoms with van der Waals surface area (Å²) in [6, 6.07) is 13.9. The molecule has 37 heavy (non-hydrogen) atoms. The summed E-state index contributed by atoms with van der Waals surface area (Å²) in [5.41, 5.74) is 4.48. The van der Waals surface area contributed by atoms with Crippen molar-refractivity contribution in [2.24, 2.45) is 5.73 Å². The first-order chi connectivity index (χ1) is 17.5. The van der Waals surface area contributed by atoms with Crippen molar-refractivity contribution in [3.05, 3.63) is 82.3 Å². The molecule has 0 unspecified atom stereocenters. The number of nitrogens with one attached hydrogen (secondary N) is 1. The SMILES string of the molecule is COc1ccc2nc(C(N)=O)cc(C(=O)Nc3c(C(F)(F)F)nn(Cc4ccc(C#N)cc4)c3C)c2c1. The summed E-state index contributed by atoms with van der Waals surface area (Å²) in [6.45, 7) is 1.36. The van der Waals surface area contributed by atoms with Crippen molar-refractivity contribution in [3.8, 4) is 11.8 Å². The standard InChI is InChI=1S/C25H19F3N6O3/c1-13-21(22(25(26,27)28)33-34(13)12-15-5-3-14(11-29)4-6-15)32-24(36)18-10-20(23(30)35)31-19-8-7-16(37-2)9-17(18)19/h3-10H,12H2,1-2H3,(H2,30,35)(H,32,36). The molecule has 0 atom stereocenters. The number of hydrogen-bond acceptors (Lipinski definition) is 6. The summed E-state index contributed by atoms with van der Waals surface area (Å²) in [4.78, 5) is 29.2. The van der Waals surface area contributed by atoms with Gasteiger partial charge in [0.2, 0.25) is 0 Å². The van der Waals surface area contributed by atoms with Crippen LogP contribution in [-0.2, 0) is 12.7 Å². The van der Waals surface area contributed by atoms with Gasteiger partial charge in [0.25, 0.3) is 11.8 Å². The van der Waals surface area contributed by atoms with Crippen LogP contribution in [0.15, 0.2) is 48.5 Å². The Morgan fingerprint density at radius 2 is 1.86 bits per heavy atom. The number of halogens is 3. The summed E-state index contributed by atoms with van der Waals surface area (Å²) < 4.78 is 48.0. The van der Waals surface area contributed by atoms with Gasteiger partial charge in [0.15, 0.2) is 5.69 Å². The van der Waals surface area contributed by atoms with Crippen molar-refractivity contribution in [2.75, 3.05) is 12.4 Å². The second-order valence-electron chi connectivity index (χ2n) is 8.03. The Labute approximate surface area is 208 Å². The monoisotopic (exact) mass is 508 g/mol. The molecule has 3 N–H and O–H groups in total. The number of anilines is 1. The number of nitrogens with zero attached hydrogens (tertiary/aromatic N) is 4. The lowest BCUT2D eigenvalue weighted by molar-refractivity contribution is -0.140. The van der Waals surface area contributed by atoms with E-state index in [2.05, 4.69) is 15.4 Å². The number of hydrogen-bond donors (Lipinski definition) is 2. The van der Waals surface area contributed by atoms with Gasteiger partial charge in [-0.3, -0.25) is 14.3 Å². The van der Waals surface area contributed by atoms with E-state index in [1.54, 1.807) is 30.3 Å². The quantitative estimate of drug-likeness (QED) is 0.404.